The van der Waals surface area contributed by atoms with Gasteiger partial charge in [-0.1, -0.05) is 11.6 Å². The SMILES string of the molecule is CC(C)NC(=O)Cn1nc(S(=O)(=O)c2ccc(Cl)cc2)ccc1=O. The monoisotopic (exact) mass is 369 g/mol. The molecule has 0 bridgehead atoms. The molecule has 0 saturated carbocycles. The van der Waals surface area contributed by atoms with Crippen molar-refractivity contribution in [3.05, 3.63) is 51.8 Å². The average Bonchev–Trinajstić information content (AvgIpc) is 2.49. The van der Waals surface area contributed by atoms with Crippen molar-refractivity contribution >= 4 is 27.3 Å². The summed E-state index contributed by atoms with van der Waals surface area (Å²) >= 11 is 5.75. The van der Waals surface area contributed by atoms with Gasteiger partial charge in [-0.2, -0.15) is 5.10 Å². The fourth-order valence-electron chi connectivity index (χ4n) is 1.92. The van der Waals surface area contributed by atoms with Crippen LogP contribution in [0.1, 0.15) is 13.8 Å². The molecule has 9 heteroatoms. The minimum absolute atomic E-state index is 0.00349. The molecule has 1 aromatic heterocycles. The number of carbonyl (C=O) groups excluding carboxylic acids is 1. The molecule has 0 spiro atoms. The first-order valence-electron chi connectivity index (χ1n) is 7.08. The molecule has 0 fully saturated rings. The number of rotatable bonds is 5. The number of nitrogens with one attached hydrogen (secondary N) is 1. The van der Waals surface area contributed by atoms with Crippen molar-refractivity contribution in [1.29, 1.82) is 0 Å². The molecule has 1 aromatic carbocycles. The number of amides is 1. The lowest BCUT2D eigenvalue weighted by Crippen LogP contribution is -2.37. The van der Waals surface area contributed by atoms with Crippen LogP contribution in [0.3, 0.4) is 0 Å². The summed E-state index contributed by atoms with van der Waals surface area (Å²) in [7, 11) is -3.92. The van der Waals surface area contributed by atoms with Gasteiger partial charge in [0.2, 0.25) is 15.7 Å². The van der Waals surface area contributed by atoms with E-state index in [0.29, 0.717) is 5.02 Å². The smallest absolute Gasteiger partial charge is 0.267 e. The van der Waals surface area contributed by atoms with Gasteiger partial charge < -0.3 is 5.32 Å². The molecule has 0 aliphatic rings. The van der Waals surface area contributed by atoms with Crippen LogP contribution >= 0.6 is 11.6 Å². The van der Waals surface area contributed by atoms with Gasteiger partial charge in [-0.25, -0.2) is 13.1 Å². The van der Waals surface area contributed by atoms with E-state index in [1.54, 1.807) is 13.8 Å². The first-order valence-corrected chi connectivity index (χ1v) is 8.94. The molecule has 0 radical (unpaired) electrons. The van der Waals surface area contributed by atoms with Gasteiger partial charge in [0.05, 0.1) is 4.90 Å². The van der Waals surface area contributed by atoms with E-state index in [-0.39, 0.29) is 22.5 Å². The van der Waals surface area contributed by atoms with E-state index in [0.717, 1.165) is 16.8 Å². The second-order valence-electron chi connectivity index (χ2n) is 5.35. The van der Waals surface area contributed by atoms with E-state index in [4.69, 9.17) is 11.6 Å². The van der Waals surface area contributed by atoms with Crippen LogP contribution in [-0.2, 0) is 21.2 Å². The molecule has 0 aliphatic heterocycles. The Labute approximate surface area is 144 Å². The Morgan fingerprint density at radius 2 is 1.83 bits per heavy atom. The van der Waals surface area contributed by atoms with Crippen LogP contribution in [0.15, 0.2) is 51.1 Å². The van der Waals surface area contributed by atoms with Crippen molar-refractivity contribution < 1.29 is 13.2 Å². The van der Waals surface area contributed by atoms with Crippen molar-refractivity contribution in [3.8, 4) is 0 Å². The zero-order valence-electron chi connectivity index (χ0n) is 13.1. The summed E-state index contributed by atoms with van der Waals surface area (Å²) in [5, 5.41) is 6.51. The van der Waals surface area contributed by atoms with Crippen LogP contribution in [0.5, 0.6) is 0 Å². The van der Waals surface area contributed by atoms with Crippen LogP contribution in [0.4, 0.5) is 0 Å². The number of carbonyl (C=O) groups is 1. The lowest BCUT2D eigenvalue weighted by molar-refractivity contribution is -0.122. The molecule has 2 rings (SSSR count). The molecule has 0 saturated heterocycles. The molecule has 0 aliphatic carbocycles. The third-order valence-corrected chi connectivity index (χ3v) is 4.90. The maximum absolute atomic E-state index is 12.6. The number of aromatic nitrogens is 2. The lowest BCUT2D eigenvalue weighted by atomic mass is 10.4. The Balaban J connectivity index is 2.38. The molecule has 2 aromatic rings. The van der Waals surface area contributed by atoms with Gasteiger partial charge in [-0.3, -0.25) is 9.59 Å². The third kappa shape index (κ3) is 4.21. The number of benzene rings is 1. The number of hydrogen-bond donors (Lipinski definition) is 1. The molecule has 0 unspecified atom stereocenters. The molecule has 7 nitrogen and oxygen atoms in total. The minimum atomic E-state index is -3.92. The predicted octanol–water partition coefficient (Wildman–Crippen LogP) is 1.25. The average molecular weight is 370 g/mol. The third-order valence-electron chi connectivity index (χ3n) is 2.98. The second-order valence-corrected chi connectivity index (χ2v) is 7.68. The molecule has 24 heavy (non-hydrogen) atoms. The van der Waals surface area contributed by atoms with Crippen LogP contribution in [0.25, 0.3) is 0 Å². The van der Waals surface area contributed by atoms with E-state index >= 15 is 0 Å². The quantitative estimate of drug-likeness (QED) is 0.855. The van der Waals surface area contributed by atoms with E-state index in [2.05, 4.69) is 10.4 Å². The number of halogens is 1. The van der Waals surface area contributed by atoms with Crippen molar-refractivity contribution in [2.24, 2.45) is 0 Å². The van der Waals surface area contributed by atoms with Crippen molar-refractivity contribution in [2.75, 3.05) is 0 Å². The van der Waals surface area contributed by atoms with E-state index in [1.807, 2.05) is 0 Å². The predicted molar refractivity (Wildman–Crippen MR) is 88.7 cm³/mol. The van der Waals surface area contributed by atoms with Crippen molar-refractivity contribution in [3.63, 3.8) is 0 Å². The molecular formula is C15H16ClN3O4S. The zero-order chi connectivity index (χ0) is 17.9. The fourth-order valence-corrected chi connectivity index (χ4v) is 3.24. The maximum atomic E-state index is 12.6. The van der Waals surface area contributed by atoms with E-state index < -0.39 is 21.3 Å². The Kier molecular flexibility index (Phi) is 5.40. The van der Waals surface area contributed by atoms with Crippen LogP contribution in [0, 0.1) is 0 Å². The van der Waals surface area contributed by atoms with Gasteiger partial charge in [0, 0.05) is 17.1 Å². The summed E-state index contributed by atoms with van der Waals surface area (Å²) in [6.45, 7) is 3.19. The molecule has 0 atom stereocenters. The number of sulfone groups is 1. The zero-order valence-corrected chi connectivity index (χ0v) is 14.6. The largest absolute Gasteiger partial charge is 0.352 e. The van der Waals surface area contributed by atoms with E-state index in [9.17, 15) is 18.0 Å². The van der Waals surface area contributed by atoms with Gasteiger partial charge in [0.25, 0.3) is 5.56 Å². The summed E-state index contributed by atoms with van der Waals surface area (Å²) in [6.07, 6.45) is 0. The summed E-state index contributed by atoms with van der Waals surface area (Å²) in [6, 6.07) is 7.66. The standard InChI is InChI=1S/C15H16ClN3O4S/c1-10(2)17-13(20)9-19-15(21)8-7-14(18-19)24(22,23)12-5-3-11(16)4-6-12/h3-8,10H,9H2,1-2H3,(H,17,20). The Morgan fingerprint density at radius 1 is 1.21 bits per heavy atom. The molecule has 1 amide bonds. The first kappa shape index (κ1) is 18.2. The van der Waals surface area contributed by atoms with Crippen molar-refractivity contribution in [1.82, 2.24) is 15.1 Å². The number of nitrogens with zero attached hydrogens (tertiary/aromatic N) is 2. The topological polar surface area (TPSA) is 98.1 Å². The lowest BCUT2D eigenvalue weighted by Gasteiger charge is -2.10. The fraction of sp³-hybridized carbons (Fsp3) is 0.267. The Bertz CT molecular complexity index is 905. The summed E-state index contributed by atoms with van der Waals surface area (Å²) in [5.74, 6) is -0.430. The highest BCUT2D eigenvalue weighted by atomic mass is 35.5. The van der Waals surface area contributed by atoms with E-state index in [1.165, 1.54) is 24.3 Å². The Morgan fingerprint density at radius 3 is 2.42 bits per heavy atom. The van der Waals surface area contributed by atoms with Gasteiger partial charge in [0.1, 0.15) is 6.54 Å². The van der Waals surface area contributed by atoms with Gasteiger partial charge in [-0.15, -0.1) is 0 Å². The molecule has 128 valence electrons. The highest BCUT2D eigenvalue weighted by Crippen LogP contribution is 2.20. The second kappa shape index (κ2) is 7.14. The van der Waals surface area contributed by atoms with Crippen molar-refractivity contribution in [2.45, 2.75) is 36.4 Å². The maximum Gasteiger partial charge on any atom is 0.267 e. The summed E-state index contributed by atoms with van der Waals surface area (Å²) in [5.41, 5.74) is -0.566. The molecular weight excluding hydrogens is 354 g/mol. The summed E-state index contributed by atoms with van der Waals surface area (Å²) < 4.78 is 25.9. The van der Waals surface area contributed by atoms with Gasteiger partial charge >= 0.3 is 0 Å². The minimum Gasteiger partial charge on any atom is -0.352 e. The van der Waals surface area contributed by atoms with Crippen LogP contribution < -0.4 is 10.9 Å². The highest BCUT2D eigenvalue weighted by Gasteiger charge is 2.21. The summed E-state index contributed by atoms with van der Waals surface area (Å²) in [4.78, 5) is 23.6. The van der Waals surface area contributed by atoms with Gasteiger partial charge in [-0.05, 0) is 44.2 Å². The van der Waals surface area contributed by atoms with Crippen LogP contribution in [-0.4, -0.2) is 30.1 Å². The Hall–Kier alpha value is -2.19. The molecule has 1 N–H and O–H groups in total. The van der Waals surface area contributed by atoms with Crippen LogP contribution in [0.2, 0.25) is 5.02 Å². The molecule has 1 heterocycles. The van der Waals surface area contributed by atoms with Gasteiger partial charge in [0.15, 0.2) is 5.03 Å². The highest BCUT2D eigenvalue weighted by molar-refractivity contribution is 7.91. The first-order chi connectivity index (χ1) is 11.2. The normalized spacial score (nSPS) is 11.5. The number of hydrogen-bond acceptors (Lipinski definition) is 5.